The van der Waals surface area contributed by atoms with E-state index in [4.69, 9.17) is 21.4 Å². The molecule has 0 atom stereocenters. The van der Waals surface area contributed by atoms with Crippen LogP contribution in [0.2, 0.25) is 0 Å². The highest BCUT2D eigenvalue weighted by Crippen LogP contribution is 2.25. The third-order valence-electron chi connectivity index (χ3n) is 3.14. The molecule has 0 saturated heterocycles. The molecule has 0 fully saturated rings. The fraction of sp³-hybridized carbons (Fsp3) is 0.118. The first-order valence-electron chi connectivity index (χ1n) is 6.73. The number of carbonyl (C=O) groups excluding carboxylic acids is 1. The van der Waals surface area contributed by atoms with E-state index in [0.717, 1.165) is 16.5 Å². The Hall–Kier alpha value is -2.53. The summed E-state index contributed by atoms with van der Waals surface area (Å²) in [6.07, 6.45) is 0. The van der Waals surface area contributed by atoms with Crippen LogP contribution in [0.4, 0.5) is 0 Å². The lowest BCUT2D eigenvalue weighted by Gasteiger charge is -2.05. The lowest BCUT2D eigenvalue weighted by Crippen LogP contribution is -2.00. The Labute approximate surface area is 132 Å². The quantitative estimate of drug-likeness (QED) is 0.397. The molecule has 0 saturated carbocycles. The Morgan fingerprint density at radius 1 is 1.18 bits per heavy atom. The molecular formula is C17H13NO3S. The number of hydrogen-bond donors (Lipinski definition) is 0. The molecule has 5 heteroatoms. The Bertz CT molecular complexity index is 913. The lowest BCUT2D eigenvalue weighted by atomic mass is 10.2. The van der Waals surface area contributed by atoms with Gasteiger partial charge in [-0.2, -0.15) is 0 Å². The van der Waals surface area contributed by atoms with Gasteiger partial charge in [0, 0.05) is 12.5 Å². The molecule has 1 aromatic heterocycles. The maximum absolute atomic E-state index is 10.9. The van der Waals surface area contributed by atoms with Crippen molar-refractivity contribution in [3.8, 4) is 17.2 Å². The molecule has 0 unspecified atom stereocenters. The highest BCUT2D eigenvalue weighted by molar-refractivity contribution is 7.71. The molecule has 0 aliphatic carbocycles. The van der Waals surface area contributed by atoms with Gasteiger partial charge in [-0.3, -0.25) is 4.79 Å². The Morgan fingerprint density at radius 2 is 1.91 bits per heavy atom. The molecule has 22 heavy (non-hydrogen) atoms. The number of aromatic nitrogens is 1. The van der Waals surface area contributed by atoms with Crippen LogP contribution in [0.15, 0.2) is 46.9 Å². The van der Waals surface area contributed by atoms with Gasteiger partial charge in [0.15, 0.2) is 0 Å². The third kappa shape index (κ3) is 2.89. The van der Waals surface area contributed by atoms with Crippen molar-refractivity contribution in [3.63, 3.8) is 0 Å². The van der Waals surface area contributed by atoms with Gasteiger partial charge in [-0.05, 0) is 43.3 Å². The van der Waals surface area contributed by atoms with Crippen LogP contribution in [0.3, 0.4) is 0 Å². The van der Waals surface area contributed by atoms with Crippen LogP contribution in [0.5, 0.6) is 5.75 Å². The van der Waals surface area contributed by atoms with Gasteiger partial charge in [0.2, 0.25) is 5.89 Å². The summed E-state index contributed by atoms with van der Waals surface area (Å²) in [6.45, 7) is 3.36. The monoisotopic (exact) mass is 311 g/mol. The topological polar surface area (TPSA) is 52.3 Å². The fourth-order valence-corrected chi connectivity index (χ4v) is 2.38. The van der Waals surface area contributed by atoms with E-state index in [1.54, 1.807) is 24.3 Å². The molecule has 1 heterocycles. The first kappa shape index (κ1) is 14.4. The van der Waals surface area contributed by atoms with E-state index < -0.39 is 0 Å². The normalized spacial score (nSPS) is 10.6. The number of aryl methyl sites for hydroxylation is 1. The van der Waals surface area contributed by atoms with Crippen LogP contribution in [-0.2, 0) is 4.79 Å². The van der Waals surface area contributed by atoms with Crippen LogP contribution in [0, 0.1) is 11.6 Å². The number of esters is 1. The molecular weight excluding hydrogens is 298 g/mol. The maximum Gasteiger partial charge on any atom is 0.308 e. The smallest absolute Gasteiger partial charge is 0.308 e. The van der Waals surface area contributed by atoms with Crippen molar-refractivity contribution in [2.75, 3.05) is 0 Å². The number of benzene rings is 2. The highest BCUT2D eigenvalue weighted by Gasteiger charge is 2.08. The minimum absolute atomic E-state index is 0.357. The van der Waals surface area contributed by atoms with Crippen molar-refractivity contribution in [2.24, 2.45) is 0 Å². The van der Waals surface area contributed by atoms with Gasteiger partial charge in [-0.25, -0.2) is 4.98 Å². The molecule has 110 valence electrons. The number of hydrogen-bond acceptors (Lipinski definition) is 5. The summed E-state index contributed by atoms with van der Waals surface area (Å²) >= 11 is 5.34. The fourth-order valence-electron chi connectivity index (χ4n) is 2.13. The zero-order valence-corrected chi connectivity index (χ0v) is 12.9. The van der Waals surface area contributed by atoms with Gasteiger partial charge < -0.3 is 9.15 Å². The molecule has 0 aliphatic rings. The zero-order chi connectivity index (χ0) is 15.7. The van der Waals surface area contributed by atoms with Crippen LogP contribution < -0.4 is 4.74 Å². The molecule has 0 spiro atoms. The first-order chi connectivity index (χ1) is 10.5. The first-order valence-corrected chi connectivity index (χ1v) is 7.14. The van der Waals surface area contributed by atoms with Crippen molar-refractivity contribution in [2.45, 2.75) is 13.8 Å². The summed E-state index contributed by atoms with van der Waals surface area (Å²) in [5.74, 6) is 0.562. The molecule has 4 nitrogen and oxygen atoms in total. The molecule has 0 amide bonds. The predicted molar refractivity (Wildman–Crippen MR) is 86.3 cm³/mol. The van der Waals surface area contributed by atoms with Gasteiger partial charge >= 0.3 is 5.97 Å². The van der Waals surface area contributed by atoms with Crippen LogP contribution >= 0.6 is 12.2 Å². The van der Waals surface area contributed by atoms with E-state index in [-0.39, 0.29) is 5.97 Å². The van der Waals surface area contributed by atoms with Crippen LogP contribution in [0.25, 0.3) is 22.4 Å². The van der Waals surface area contributed by atoms with Crippen molar-refractivity contribution >= 4 is 29.2 Å². The van der Waals surface area contributed by atoms with Gasteiger partial charge in [-0.1, -0.05) is 23.8 Å². The number of carbonyl (C=O) groups is 1. The second-order valence-corrected chi connectivity index (χ2v) is 5.33. The van der Waals surface area contributed by atoms with Crippen molar-refractivity contribution < 1.29 is 13.9 Å². The highest BCUT2D eigenvalue weighted by atomic mass is 32.1. The SMILES string of the molecule is CC(=O)Oc1ccc(-c2nc(=S)c3cc(C)ccc3o2)cc1. The summed E-state index contributed by atoms with van der Waals surface area (Å²) < 4.78 is 11.3. The van der Waals surface area contributed by atoms with Crippen LogP contribution in [0.1, 0.15) is 12.5 Å². The van der Waals surface area contributed by atoms with Gasteiger partial charge in [0.25, 0.3) is 0 Å². The number of rotatable bonds is 2. The van der Waals surface area contributed by atoms with E-state index in [1.165, 1.54) is 6.92 Å². The van der Waals surface area contributed by atoms with Crippen molar-refractivity contribution in [3.05, 3.63) is 52.7 Å². The van der Waals surface area contributed by atoms with Gasteiger partial charge in [0.1, 0.15) is 16.0 Å². The average Bonchev–Trinajstić information content (AvgIpc) is 2.48. The molecule has 3 rings (SSSR count). The molecule has 0 bridgehead atoms. The molecule has 3 aromatic rings. The van der Waals surface area contributed by atoms with E-state index in [1.807, 2.05) is 25.1 Å². The standard InChI is InChI=1S/C17H13NO3S/c1-10-3-8-15-14(9-10)17(22)18-16(21-15)12-4-6-13(7-5-12)20-11(2)19/h3-9H,1-2H3. The number of nitrogens with zero attached hydrogens (tertiary/aromatic N) is 1. The summed E-state index contributed by atoms with van der Waals surface area (Å²) in [5, 5.41) is 0.829. The second kappa shape index (κ2) is 5.69. The second-order valence-electron chi connectivity index (χ2n) is 4.94. The lowest BCUT2D eigenvalue weighted by molar-refractivity contribution is -0.131. The predicted octanol–water partition coefficient (Wildman–Crippen LogP) is 4.46. The van der Waals surface area contributed by atoms with E-state index >= 15 is 0 Å². The molecule has 0 N–H and O–H groups in total. The number of ether oxygens (including phenoxy) is 1. The van der Waals surface area contributed by atoms with Crippen molar-refractivity contribution in [1.29, 1.82) is 0 Å². The van der Waals surface area contributed by atoms with Crippen LogP contribution in [-0.4, -0.2) is 11.0 Å². The molecule has 0 radical (unpaired) electrons. The molecule has 2 aromatic carbocycles. The average molecular weight is 311 g/mol. The van der Waals surface area contributed by atoms with Gasteiger partial charge in [-0.15, -0.1) is 0 Å². The Kier molecular flexibility index (Phi) is 3.73. The van der Waals surface area contributed by atoms with E-state index in [0.29, 0.717) is 21.9 Å². The Morgan fingerprint density at radius 3 is 2.59 bits per heavy atom. The third-order valence-corrected chi connectivity index (χ3v) is 3.45. The van der Waals surface area contributed by atoms with E-state index in [2.05, 4.69) is 4.98 Å². The zero-order valence-electron chi connectivity index (χ0n) is 12.1. The van der Waals surface area contributed by atoms with Crippen molar-refractivity contribution in [1.82, 2.24) is 4.98 Å². The summed E-state index contributed by atoms with van der Waals surface area (Å²) in [4.78, 5) is 15.3. The summed E-state index contributed by atoms with van der Waals surface area (Å²) in [6, 6.07) is 12.7. The minimum Gasteiger partial charge on any atom is -0.438 e. The molecule has 0 aliphatic heterocycles. The van der Waals surface area contributed by atoms with Gasteiger partial charge in [0.05, 0.1) is 5.39 Å². The summed E-state index contributed by atoms with van der Waals surface area (Å²) in [7, 11) is 0. The summed E-state index contributed by atoms with van der Waals surface area (Å²) in [5.41, 5.74) is 2.57. The maximum atomic E-state index is 10.9. The number of fused-ring (bicyclic) bond motifs is 1. The Balaban J connectivity index is 2.05. The van der Waals surface area contributed by atoms with E-state index in [9.17, 15) is 4.79 Å². The minimum atomic E-state index is -0.357. The largest absolute Gasteiger partial charge is 0.438 e.